The predicted molar refractivity (Wildman–Crippen MR) is 142 cm³/mol. The third-order valence-corrected chi connectivity index (χ3v) is 5.89. The molecule has 1 N–H and O–H groups in total. The molecule has 0 atom stereocenters. The summed E-state index contributed by atoms with van der Waals surface area (Å²) in [6, 6.07) is 7.71. The third kappa shape index (κ3) is 7.36. The van der Waals surface area contributed by atoms with Crippen molar-refractivity contribution in [1.82, 2.24) is 20.0 Å². The van der Waals surface area contributed by atoms with Crippen LogP contribution in [0.1, 0.15) is 45.7 Å². The standard InChI is InChI=1S/C22H26N6O2.C5H10O2/c1-15-8-24-16(2)20(15)13-27-12-19(10-25-27)28-21(29)14-26(22(28)30)11-18-6-4-5-17(7-18)9-23-3;1-5(2,3)7-4-6/h4-7,10,12,23H,8-9,11,13-14H2,1-3H3;4H,1-3H3. The van der Waals surface area contributed by atoms with Crippen LogP contribution in [-0.4, -0.2) is 64.5 Å². The highest BCUT2D eigenvalue weighted by molar-refractivity contribution is 6.19. The lowest BCUT2D eigenvalue weighted by atomic mass is 10.1. The van der Waals surface area contributed by atoms with E-state index in [1.165, 1.54) is 10.5 Å². The SMILES string of the molecule is CC(C)(C)OC=O.CNCc1cccc(CN2CC(=O)N(c3cnn(CC4=C(C)CN=C4C)c3)C2=O)c1. The Morgan fingerprint density at radius 2 is 1.86 bits per heavy atom. The van der Waals surface area contributed by atoms with Crippen LogP contribution in [0, 0.1) is 0 Å². The number of anilines is 1. The first-order valence-electron chi connectivity index (χ1n) is 12.2. The maximum absolute atomic E-state index is 12.9. The summed E-state index contributed by atoms with van der Waals surface area (Å²) >= 11 is 0. The lowest BCUT2D eigenvalue weighted by Crippen LogP contribution is -2.32. The number of ether oxygens (including phenoxy) is 1. The zero-order chi connectivity index (χ0) is 27.2. The molecule has 37 heavy (non-hydrogen) atoms. The second-order valence-corrected chi connectivity index (χ2v) is 10.1. The molecular weight excluding hydrogens is 472 g/mol. The van der Waals surface area contributed by atoms with E-state index >= 15 is 0 Å². The Balaban J connectivity index is 0.000000479. The number of amides is 3. The van der Waals surface area contributed by atoms with Crippen molar-refractivity contribution in [3.05, 3.63) is 58.9 Å². The molecule has 2 aliphatic heterocycles. The van der Waals surface area contributed by atoms with E-state index in [0.717, 1.165) is 35.5 Å². The third-order valence-electron chi connectivity index (χ3n) is 5.89. The van der Waals surface area contributed by atoms with Crippen LogP contribution in [0.15, 0.2) is 52.8 Å². The Morgan fingerprint density at radius 3 is 2.46 bits per heavy atom. The second-order valence-electron chi connectivity index (χ2n) is 10.1. The topological polar surface area (TPSA) is 109 Å². The molecule has 0 spiro atoms. The van der Waals surface area contributed by atoms with Gasteiger partial charge in [-0.05, 0) is 63.9 Å². The maximum Gasteiger partial charge on any atom is 0.332 e. The fourth-order valence-corrected chi connectivity index (χ4v) is 4.04. The summed E-state index contributed by atoms with van der Waals surface area (Å²) in [6.07, 6.45) is 3.32. The molecule has 10 nitrogen and oxygen atoms in total. The van der Waals surface area contributed by atoms with Crippen LogP contribution in [0.25, 0.3) is 0 Å². The molecule has 10 heteroatoms. The van der Waals surface area contributed by atoms with E-state index in [-0.39, 0.29) is 24.1 Å². The zero-order valence-corrected chi connectivity index (χ0v) is 22.4. The fourth-order valence-electron chi connectivity index (χ4n) is 4.04. The van der Waals surface area contributed by atoms with Crippen LogP contribution < -0.4 is 10.2 Å². The number of benzene rings is 1. The first kappa shape index (κ1) is 27.8. The van der Waals surface area contributed by atoms with Gasteiger partial charge in [0, 0.05) is 25.0 Å². The van der Waals surface area contributed by atoms with Crippen molar-refractivity contribution in [1.29, 1.82) is 0 Å². The summed E-state index contributed by atoms with van der Waals surface area (Å²) in [5.41, 5.74) is 5.73. The number of carbonyl (C=O) groups is 3. The van der Waals surface area contributed by atoms with E-state index in [1.54, 1.807) is 22.0 Å². The molecule has 3 heterocycles. The Labute approximate surface area is 218 Å². The van der Waals surface area contributed by atoms with Crippen LogP contribution in [0.3, 0.4) is 0 Å². The Bertz CT molecular complexity index is 1210. The molecule has 4 rings (SSSR count). The lowest BCUT2D eigenvalue weighted by Gasteiger charge is -2.16. The molecule has 1 aromatic heterocycles. The van der Waals surface area contributed by atoms with Gasteiger partial charge in [-0.2, -0.15) is 5.10 Å². The van der Waals surface area contributed by atoms with Crippen molar-refractivity contribution >= 4 is 29.8 Å². The van der Waals surface area contributed by atoms with E-state index in [0.29, 0.717) is 25.2 Å². The van der Waals surface area contributed by atoms with Gasteiger partial charge in [0.1, 0.15) is 12.1 Å². The smallest absolute Gasteiger partial charge is 0.332 e. The van der Waals surface area contributed by atoms with Crippen LogP contribution >= 0.6 is 0 Å². The summed E-state index contributed by atoms with van der Waals surface area (Å²) in [5, 5.41) is 7.48. The van der Waals surface area contributed by atoms with Gasteiger partial charge in [-0.15, -0.1) is 0 Å². The van der Waals surface area contributed by atoms with Crippen LogP contribution in [-0.2, 0) is 34.0 Å². The highest BCUT2D eigenvalue weighted by atomic mass is 16.5. The quantitative estimate of drug-likeness (QED) is 0.433. The maximum atomic E-state index is 12.9. The number of allylic oxidation sites excluding steroid dienone is 1. The van der Waals surface area contributed by atoms with Gasteiger partial charge < -0.3 is 15.0 Å². The summed E-state index contributed by atoms with van der Waals surface area (Å²) in [5.74, 6) is -0.236. The number of imide groups is 1. The fraction of sp³-hybridized carbons (Fsp3) is 0.444. The van der Waals surface area contributed by atoms with E-state index < -0.39 is 0 Å². The molecule has 0 radical (unpaired) electrons. The molecule has 1 fully saturated rings. The van der Waals surface area contributed by atoms with Gasteiger partial charge in [-0.3, -0.25) is 19.3 Å². The number of urea groups is 1. The van der Waals surface area contributed by atoms with Crippen LogP contribution in [0.4, 0.5) is 10.5 Å². The molecule has 0 aliphatic carbocycles. The largest absolute Gasteiger partial charge is 0.462 e. The predicted octanol–water partition coefficient (Wildman–Crippen LogP) is 3.32. The van der Waals surface area contributed by atoms with Gasteiger partial charge in [-0.1, -0.05) is 24.3 Å². The van der Waals surface area contributed by atoms with Gasteiger partial charge in [-0.25, -0.2) is 9.69 Å². The number of nitrogens with zero attached hydrogens (tertiary/aromatic N) is 5. The Morgan fingerprint density at radius 1 is 1.14 bits per heavy atom. The number of carbonyl (C=O) groups excluding carboxylic acids is 3. The second kappa shape index (κ2) is 12.0. The van der Waals surface area contributed by atoms with Crippen molar-refractivity contribution in [2.24, 2.45) is 4.99 Å². The highest BCUT2D eigenvalue weighted by Crippen LogP contribution is 2.24. The molecule has 0 bridgehead atoms. The van der Waals surface area contributed by atoms with Gasteiger partial charge in [0.15, 0.2) is 0 Å². The summed E-state index contributed by atoms with van der Waals surface area (Å²) in [6.45, 7) is 12.5. The number of aromatic nitrogens is 2. The van der Waals surface area contributed by atoms with Gasteiger partial charge >= 0.3 is 6.03 Å². The van der Waals surface area contributed by atoms with Gasteiger partial charge in [0.2, 0.25) is 0 Å². The first-order chi connectivity index (χ1) is 17.5. The number of nitrogens with one attached hydrogen (secondary N) is 1. The monoisotopic (exact) mass is 508 g/mol. The average molecular weight is 509 g/mol. The van der Waals surface area contributed by atoms with Crippen molar-refractivity contribution < 1.29 is 19.1 Å². The van der Waals surface area contributed by atoms with E-state index in [2.05, 4.69) is 33.1 Å². The molecule has 1 saturated heterocycles. The van der Waals surface area contributed by atoms with Crippen molar-refractivity contribution in [3.63, 3.8) is 0 Å². The Hall–Kier alpha value is -3.79. The first-order valence-corrected chi connectivity index (χ1v) is 12.2. The van der Waals surface area contributed by atoms with Crippen LogP contribution in [0.5, 0.6) is 0 Å². The van der Waals surface area contributed by atoms with Crippen LogP contribution in [0.2, 0.25) is 0 Å². The number of aliphatic imine (C=N–C) groups is 1. The molecule has 1 aromatic carbocycles. The summed E-state index contributed by atoms with van der Waals surface area (Å²) < 4.78 is 6.30. The molecule has 2 aromatic rings. The lowest BCUT2D eigenvalue weighted by molar-refractivity contribution is -0.138. The van der Waals surface area contributed by atoms with Crippen molar-refractivity contribution in [2.75, 3.05) is 25.0 Å². The normalized spacial score (nSPS) is 15.7. The molecule has 0 unspecified atom stereocenters. The molecule has 0 saturated carbocycles. The van der Waals surface area contributed by atoms with Crippen molar-refractivity contribution in [2.45, 2.75) is 59.9 Å². The minimum Gasteiger partial charge on any atom is -0.462 e. The average Bonchev–Trinajstić information content (AvgIpc) is 3.48. The van der Waals surface area contributed by atoms with Gasteiger partial charge in [0.25, 0.3) is 12.4 Å². The van der Waals surface area contributed by atoms with Gasteiger partial charge in [0.05, 0.1) is 25.0 Å². The minimum atomic E-state index is -0.318. The van der Waals surface area contributed by atoms with E-state index in [9.17, 15) is 14.4 Å². The Kier molecular flexibility index (Phi) is 8.99. The summed E-state index contributed by atoms with van der Waals surface area (Å²) in [4.78, 5) is 42.4. The molecule has 2 aliphatic rings. The number of rotatable bonds is 8. The zero-order valence-electron chi connectivity index (χ0n) is 22.4. The minimum absolute atomic E-state index is 0.0658. The number of hydrogen-bond acceptors (Lipinski definition) is 7. The number of hydrogen-bond donors (Lipinski definition) is 1. The van der Waals surface area contributed by atoms with E-state index in [4.69, 9.17) is 0 Å². The molecular formula is C27H36N6O4. The summed E-state index contributed by atoms with van der Waals surface area (Å²) in [7, 11) is 1.89. The van der Waals surface area contributed by atoms with E-state index in [1.807, 2.05) is 52.9 Å². The molecule has 3 amide bonds. The highest BCUT2D eigenvalue weighted by Gasteiger charge is 2.37. The molecule has 198 valence electrons. The van der Waals surface area contributed by atoms with Crippen molar-refractivity contribution in [3.8, 4) is 0 Å².